The third kappa shape index (κ3) is 5.72. The molecule has 0 N–H and O–H groups in total. The lowest BCUT2D eigenvalue weighted by atomic mass is 9.76. The molecule has 0 saturated carbocycles. The van der Waals surface area contributed by atoms with E-state index in [1.54, 1.807) is 0 Å². The maximum Gasteiger partial charge on any atom is 0.0461 e. The van der Waals surface area contributed by atoms with Gasteiger partial charge in [-0.25, -0.2) is 0 Å². The standard InChI is InChI=1S/C57H39NS2/c1-57(41-26-31-54-51(36-41)49-14-5-6-18-52(49)59-54)34-32-44(33-35-57)58(43-29-24-39(25-30-43)47-16-9-17-50-48-13-4-7-19-53(48)60-56(47)50)42-27-22-38(23-28-42)46-15-8-11-40-21-20-37-10-2-3-12-45(37)55(40)46/h2-34,36H,35H2,1H3. The van der Waals surface area contributed by atoms with Crippen molar-refractivity contribution in [1.29, 1.82) is 0 Å². The highest BCUT2D eigenvalue weighted by Gasteiger charge is 2.28. The van der Waals surface area contributed by atoms with Gasteiger partial charge in [-0.2, -0.15) is 0 Å². The molecular weight excluding hydrogens is 763 g/mol. The molecule has 0 saturated heterocycles. The van der Waals surface area contributed by atoms with E-state index in [0.717, 1.165) is 17.8 Å². The quantitative estimate of drug-likeness (QED) is 0.151. The molecule has 2 aromatic heterocycles. The lowest BCUT2D eigenvalue weighted by molar-refractivity contribution is 0.596. The first-order valence-corrected chi connectivity index (χ1v) is 22.3. The van der Waals surface area contributed by atoms with Crippen molar-refractivity contribution in [3.63, 3.8) is 0 Å². The third-order valence-corrected chi connectivity index (χ3v) is 15.1. The largest absolute Gasteiger partial charge is 0.311 e. The van der Waals surface area contributed by atoms with Crippen molar-refractivity contribution in [3.05, 3.63) is 218 Å². The van der Waals surface area contributed by atoms with Gasteiger partial charge in [0.05, 0.1) is 0 Å². The van der Waals surface area contributed by atoms with Gasteiger partial charge >= 0.3 is 0 Å². The van der Waals surface area contributed by atoms with Gasteiger partial charge in [-0.1, -0.05) is 159 Å². The van der Waals surface area contributed by atoms with Crippen LogP contribution in [0.15, 0.2) is 212 Å². The number of fused-ring (bicyclic) bond motifs is 9. The van der Waals surface area contributed by atoms with Gasteiger partial charge in [-0.05, 0) is 110 Å². The van der Waals surface area contributed by atoms with Crippen LogP contribution in [0.25, 0.3) is 84.1 Å². The van der Waals surface area contributed by atoms with Crippen LogP contribution in [0.2, 0.25) is 0 Å². The highest BCUT2D eigenvalue weighted by molar-refractivity contribution is 7.26. The lowest BCUT2D eigenvalue weighted by Gasteiger charge is -2.33. The first-order chi connectivity index (χ1) is 29.6. The van der Waals surface area contributed by atoms with Gasteiger partial charge in [0.2, 0.25) is 0 Å². The summed E-state index contributed by atoms with van der Waals surface area (Å²) in [5, 5.41) is 10.5. The van der Waals surface area contributed by atoms with Crippen LogP contribution in [0.5, 0.6) is 0 Å². The number of rotatable bonds is 6. The normalized spacial score (nSPS) is 15.4. The van der Waals surface area contributed by atoms with E-state index in [2.05, 4.69) is 218 Å². The SMILES string of the molecule is CC1(c2ccc3sc4ccccc4c3c2)C=CC(N(c2ccc(-c3cccc4c3sc3ccccc34)cc2)c2ccc(-c3cccc4ccc5ccccc5c34)cc2)=CC1. The Morgan fingerprint density at radius 1 is 0.467 bits per heavy atom. The summed E-state index contributed by atoms with van der Waals surface area (Å²) in [6, 6.07) is 69.6. The lowest BCUT2D eigenvalue weighted by Crippen LogP contribution is -2.24. The van der Waals surface area contributed by atoms with E-state index in [1.807, 2.05) is 22.7 Å². The minimum Gasteiger partial charge on any atom is -0.311 e. The van der Waals surface area contributed by atoms with Crippen molar-refractivity contribution < 1.29 is 0 Å². The van der Waals surface area contributed by atoms with E-state index in [0.29, 0.717) is 0 Å². The zero-order valence-electron chi connectivity index (χ0n) is 33.1. The van der Waals surface area contributed by atoms with Crippen LogP contribution < -0.4 is 4.90 Å². The smallest absolute Gasteiger partial charge is 0.0461 e. The van der Waals surface area contributed by atoms with Crippen molar-refractivity contribution in [1.82, 2.24) is 0 Å². The fraction of sp³-hybridized carbons (Fsp3) is 0.0526. The molecule has 1 atom stereocenters. The molecule has 3 heteroatoms. The fourth-order valence-corrected chi connectivity index (χ4v) is 11.8. The van der Waals surface area contributed by atoms with E-state index in [9.17, 15) is 0 Å². The van der Waals surface area contributed by atoms with Gasteiger partial charge < -0.3 is 4.90 Å². The van der Waals surface area contributed by atoms with Crippen LogP contribution in [0, 0.1) is 0 Å². The zero-order valence-corrected chi connectivity index (χ0v) is 34.7. The summed E-state index contributed by atoms with van der Waals surface area (Å²) in [6.07, 6.45) is 8.11. The van der Waals surface area contributed by atoms with Crippen molar-refractivity contribution in [3.8, 4) is 22.3 Å². The predicted octanol–water partition coefficient (Wildman–Crippen LogP) is 17.0. The van der Waals surface area contributed by atoms with Gasteiger partial charge in [0.1, 0.15) is 0 Å². The minimum absolute atomic E-state index is 0.125. The molecule has 284 valence electrons. The van der Waals surface area contributed by atoms with E-state index < -0.39 is 0 Å². The highest BCUT2D eigenvalue weighted by Crippen LogP contribution is 2.44. The van der Waals surface area contributed by atoms with E-state index in [1.165, 1.54) is 95.4 Å². The third-order valence-electron chi connectivity index (χ3n) is 12.7. The molecule has 1 unspecified atom stereocenters. The summed E-state index contributed by atoms with van der Waals surface area (Å²) < 4.78 is 5.36. The molecule has 12 rings (SSSR count). The Morgan fingerprint density at radius 3 is 1.80 bits per heavy atom. The average molecular weight is 802 g/mol. The molecule has 0 bridgehead atoms. The van der Waals surface area contributed by atoms with Crippen LogP contribution in [0.4, 0.5) is 11.4 Å². The zero-order chi connectivity index (χ0) is 39.8. The first kappa shape index (κ1) is 35.2. The number of allylic oxidation sites excluding steroid dienone is 3. The van der Waals surface area contributed by atoms with Crippen molar-refractivity contribution in [2.75, 3.05) is 4.90 Å². The Bertz CT molecular complexity index is 3530. The van der Waals surface area contributed by atoms with E-state index in [-0.39, 0.29) is 5.41 Å². The molecule has 0 spiro atoms. The second-order valence-corrected chi connectivity index (χ2v) is 18.4. The first-order valence-electron chi connectivity index (χ1n) is 20.7. The highest BCUT2D eigenvalue weighted by atomic mass is 32.1. The Balaban J connectivity index is 0.941. The summed E-state index contributed by atoms with van der Waals surface area (Å²) >= 11 is 3.77. The Labute approximate surface area is 357 Å². The molecule has 1 nitrogen and oxygen atoms in total. The second-order valence-electron chi connectivity index (χ2n) is 16.3. The summed E-state index contributed by atoms with van der Waals surface area (Å²) in [4.78, 5) is 2.43. The molecule has 11 aromatic rings. The molecule has 0 amide bonds. The molecular formula is C57H39NS2. The summed E-state index contributed by atoms with van der Waals surface area (Å²) in [5.41, 5.74) is 9.65. The van der Waals surface area contributed by atoms with Gasteiger partial charge in [-0.3, -0.25) is 0 Å². The van der Waals surface area contributed by atoms with Crippen LogP contribution in [0.1, 0.15) is 18.9 Å². The van der Waals surface area contributed by atoms with Crippen LogP contribution in [-0.2, 0) is 5.41 Å². The molecule has 0 aliphatic heterocycles. The number of thiophene rings is 2. The summed E-state index contributed by atoms with van der Waals surface area (Å²) in [6.45, 7) is 2.38. The Morgan fingerprint density at radius 2 is 1.05 bits per heavy atom. The maximum atomic E-state index is 2.44. The van der Waals surface area contributed by atoms with Gasteiger partial charge in [-0.15, -0.1) is 22.7 Å². The molecule has 0 fully saturated rings. The predicted molar refractivity (Wildman–Crippen MR) is 262 cm³/mol. The molecule has 60 heavy (non-hydrogen) atoms. The summed E-state index contributed by atoms with van der Waals surface area (Å²) in [7, 11) is 0. The summed E-state index contributed by atoms with van der Waals surface area (Å²) in [5.74, 6) is 0. The topological polar surface area (TPSA) is 3.24 Å². The number of hydrogen-bond acceptors (Lipinski definition) is 3. The van der Waals surface area contributed by atoms with Crippen LogP contribution in [-0.4, -0.2) is 0 Å². The fourth-order valence-electron chi connectivity index (χ4n) is 9.48. The maximum absolute atomic E-state index is 2.44. The Hall–Kier alpha value is -6.78. The number of anilines is 2. The van der Waals surface area contributed by atoms with E-state index >= 15 is 0 Å². The van der Waals surface area contributed by atoms with Gasteiger partial charge in [0.15, 0.2) is 0 Å². The molecule has 1 aliphatic rings. The molecule has 2 heterocycles. The number of benzene rings is 9. The number of nitrogens with zero attached hydrogens (tertiary/aromatic N) is 1. The van der Waals surface area contributed by atoms with Gasteiger partial charge in [0.25, 0.3) is 0 Å². The molecule has 0 radical (unpaired) electrons. The van der Waals surface area contributed by atoms with E-state index in [4.69, 9.17) is 0 Å². The van der Waals surface area contributed by atoms with Crippen LogP contribution >= 0.6 is 22.7 Å². The average Bonchev–Trinajstić information content (AvgIpc) is 3.88. The Kier molecular flexibility index (Phi) is 8.16. The second kappa shape index (κ2) is 13.9. The van der Waals surface area contributed by atoms with Crippen molar-refractivity contribution in [2.45, 2.75) is 18.8 Å². The molecule has 9 aromatic carbocycles. The number of hydrogen-bond donors (Lipinski definition) is 0. The van der Waals surface area contributed by atoms with Crippen LogP contribution in [0.3, 0.4) is 0 Å². The monoisotopic (exact) mass is 801 g/mol. The minimum atomic E-state index is -0.125. The van der Waals surface area contributed by atoms with Gasteiger partial charge in [0, 0.05) is 62.8 Å². The van der Waals surface area contributed by atoms with Crippen molar-refractivity contribution in [2.24, 2.45) is 0 Å². The molecule has 1 aliphatic carbocycles. The van der Waals surface area contributed by atoms with Crippen molar-refractivity contribution >= 4 is 95.9 Å².